The van der Waals surface area contributed by atoms with Crippen LogP contribution in [0.5, 0.6) is 0 Å². The molecular formula is C10H21AlO4. The molecule has 88 valence electrons. The number of esters is 1. The summed E-state index contributed by atoms with van der Waals surface area (Å²) in [5.41, 5.74) is 0. The van der Waals surface area contributed by atoms with Crippen molar-refractivity contribution in [2.24, 2.45) is 0 Å². The zero-order valence-electron chi connectivity index (χ0n) is 10.3. The summed E-state index contributed by atoms with van der Waals surface area (Å²) >= 11 is -1.69. The van der Waals surface area contributed by atoms with Gasteiger partial charge in [0.2, 0.25) is 0 Å². The molecule has 4 nitrogen and oxygen atoms in total. The van der Waals surface area contributed by atoms with Crippen LogP contribution < -0.4 is 0 Å². The molecule has 0 aromatic carbocycles. The smallest absolute Gasteiger partial charge is 0.476 e. The van der Waals surface area contributed by atoms with Gasteiger partial charge in [-0.15, -0.1) is 0 Å². The van der Waals surface area contributed by atoms with E-state index in [4.69, 9.17) is 12.3 Å². The Morgan fingerprint density at radius 1 is 1.13 bits per heavy atom. The van der Waals surface area contributed by atoms with Crippen LogP contribution in [0.15, 0.2) is 0 Å². The second-order valence-corrected chi connectivity index (χ2v) is 5.91. The molecule has 0 aromatic heterocycles. The first-order valence-corrected chi connectivity index (χ1v) is 7.12. The third-order valence-corrected chi connectivity index (χ3v) is 3.91. The first-order valence-electron chi connectivity index (χ1n) is 5.36. The van der Waals surface area contributed by atoms with Gasteiger partial charge in [-0.05, 0) is 33.0 Å². The largest absolute Gasteiger partial charge is 0.678 e. The molecule has 0 fully saturated rings. The Morgan fingerprint density at radius 3 is 1.93 bits per heavy atom. The lowest BCUT2D eigenvalue weighted by Gasteiger charge is -2.18. The average molecular weight is 232 g/mol. The van der Waals surface area contributed by atoms with Gasteiger partial charge in [0.15, 0.2) is 0 Å². The fraction of sp³-hybridized carbons (Fsp3) is 0.900. The van der Waals surface area contributed by atoms with Gasteiger partial charge in [0, 0.05) is 19.1 Å². The molecule has 0 N–H and O–H groups in total. The van der Waals surface area contributed by atoms with Crippen molar-refractivity contribution < 1.29 is 17.1 Å². The van der Waals surface area contributed by atoms with Crippen LogP contribution in [0.4, 0.5) is 0 Å². The zero-order chi connectivity index (χ0) is 11.8. The molecule has 0 saturated carbocycles. The lowest BCUT2D eigenvalue weighted by atomic mass is 10.5. The van der Waals surface area contributed by atoms with Crippen LogP contribution >= 0.6 is 0 Å². The molecule has 0 rings (SSSR count). The number of rotatable bonds is 7. The van der Waals surface area contributed by atoms with Crippen molar-refractivity contribution in [1.29, 1.82) is 0 Å². The number of ether oxygens (including phenoxy) is 1. The zero-order valence-corrected chi connectivity index (χ0v) is 11.4. The van der Waals surface area contributed by atoms with Crippen LogP contribution in [0.25, 0.3) is 0 Å². The molecule has 0 bridgehead atoms. The van der Waals surface area contributed by atoms with Crippen molar-refractivity contribution in [2.45, 2.75) is 52.1 Å². The fourth-order valence-electron chi connectivity index (χ4n) is 1.07. The van der Waals surface area contributed by atoms with Crippen molar-refractivity contribution in [2.75, 3.05) is 6.61 Å². The van der Waals surface area contributed by atoms with E-state index in [0.29, 0.717) is 11.9 Å². The maximum absolute atomic E-state index is 10.6. The quantitative estimate of drug-likeness (QED) is 0.496. The topological polar surface area (TPSA) is 44.8 Å². The Bertz CT molecular complexity index is 172. The number of carbonyl (C=O) groups is 1. The monoisotopic (exact) mass is 232 g/mol. The highest BCUT2D eigenvalue weighted by Crippen LogP contribution is 2.05. The summed E-state index contributed by atoms with van der Waals surface area (Å²) in [6, 6.07) is 0. The summed E-state index contributed by atoms with van der Waals surface area (Å²) in [4.78, 5) is 10.6. The number of carbonyl (C=O) groups excluding carboxylic acids is 1. The minimum atomic E-state index is -1.69. The molecule has 5 heteroatoms. The van der Waals surface area contributed by atoms with Crippen LogP contribution in [0.1, 0.15) is 34.6 Å². The second-order valence-electron chi connectivity index (χ2n) is 3.93. The van der Waals surface area contributed by atoms with E-state index in [1.807, 2.05) is 27.7 Å². The van der Waals surface area contributed by atoms with Gasteiger partial charge in [0.05, 0.1) is 6.61 Å². The van der Waals surface area contributed by atoms with E-state index in [0.717, 1.165) is 0 Å². The van der Waals surface area contributed by atoms with E-state index in [1.54, 1.807) is 0 Å². The van der Waals surface area contributed by atoms with E-state index >= 15 is 0 Å². The second kappa shape index (κ2) is 8.12. The number of hydrogen-bond acceptors (Lipinski definition) is 4. The van der Waals surface area contributed by atoms with Crippen molar-refractivity contribution >= 4 is 20.8 Å². The summed E-state index contributed by atoms with van der Waals surface area (Å²) in [7, 11) is 0. The Kier molecular flexibility index (Phi) is 8.08. The third kappa shape index (κ3) is 10.2. The Labute approximate surface area is 97.0 Å². The minimum Gasteiger partial charge on any atom is -0.476 e. The summed E-state index contributed by atoms with van der Waals surface area (Å²) in [6.45, 7) is 9.73. The van der Waals surface area contributed by atoms with Gasteiger partial charge in [-0.2, -0.15) is 0 Å². The molecule has 0 radical (unpaired) electrons. The molecular weight excluding hydrogens is 211 g/mol. The van der Waals surface area contributed by atoms with E-state index in [9.17, 15) is 4.79 Å². The maximum Gasteiger partial charge on any atom is 0.678 e. The normalized spacial score (nSPS) is 10.9. The van der Waals surface area contributed by atoms with Crippen molar-refractivity contribution in [3.8, 4) is 0 Å². The molecule has 0 aliphatic heterocycles. The highest BCUT2D eigenvalue weighted by Gasteiger charge is 2.27. The van der Waals surface area contributed by atoms with Crippen LogP contribution in [-0.4, -0.2) is 39.6 Å². The van der Waals surface area contributed by atoms with Gasteiger partial charge >= 0.3 is 20.8 Å². The molecule has 0 aromatic rings. The van der Waals surface area contributed by atoms with Crippen molar-refractivity contribution in [3.05, 3.63) is 0 Å². The van der Waals surface area contributed by atoms with Crippen molar-refractivity contribution in [3.63, 3.8) is 0 Å². The van der Waals surface area contributed by atoms with Crippen LogP contribution in [0.2, 0.25) is 5.28 Å². The molecule has 0 heterocycles. The minimum absolute atomic E-state index is 0.165. The highest BCUT2D eigenvalue weighted by atomic mass is 27.2. The summed E-state index contributed by atoms with van der Waals surface area (Å²) in [5, 5.41) is 0.704. The highest BCUT2D eigenvalue weighted by molar-refractivity contribution is 6.44. The van der Waals surface area contributed by atoms with E-state index < -0.39 is 14.8 Å². The molecule has 0 atom stereocenters. The summed E-state index contributed by atoms with van der Waals surface area (Å²) in [5.74, 6) is -0.253. The first kappa shape index (κ1) is 14.9. The number of hydrogen-bond donors (Lipinski definition) is 0. The molecule has 0 aliphatic carbocycles. The predicted octanol–water partition coefficient (Wildman–Crippen LogP) is 1.89. The van der Waals surface area contributed by atoms with Crippen LogP contribution in [0, 0.1) is 0 Å². The van der Waals surface area contributed by atoms with Crippen LogP contribution in [-0.2, 0) is 17.1 Å². The first-order chi connectivity index (χ1) is 6.91. The molecule has 0 amide bonds. The Balaban J connectivity index is 3.84. The van der Waals surface area contributed by atoms with Gasteiger partial charge in [0.1, 0.15) is 0 Å². The lowest BCUT2D eigenvalue weighted by Crippen LogP contribution is -2.30. The van der Waals surface area contributed by atoms with Gasteiger partial charge in [-0.25, -0.2) is 0 Å². The third-order valence-electron chi connectivity index (χ3n) is 1.51. The van der Waals surface area contributed by atoms with E-state index in [1.165, 1.54) is 6.92 Å². The Morgan fingerprint density at radius 2 is 1.60 bits per heavy atom. The van der Waals surface area contributed by atoms with Gasteiger partial charge < -0.3 is 12.3 Å². The van der Waals surface area contributed by atoms with Crippen molar-refractivity contribution in [1.82, 2.24) is 0 Å². The van der Waals surface area contributed by atoms with E-state index in [2.05, 4.69) is 0 Å². The Hall–Kier alpha value is -0.0775. The summed E-state index contributed by atoms with van der Waals surface area (Å²) < 4.78 is 16.2. The fourth-order valence-corrected chi connectivity index (χ4v) is 2.94. The lowest BCUT2D eigenvalue weighted by molar-refractivity contribution is -0.140. The van der Waals surface area contributed by atoms with Gasteiger partial charge in [0.25, 0.3) is 0 Å². The van der Waals surface area contributed by atoms with Gasteiger partial charge in [-0.1, -0.05) is 0 Å². The van der Waals surface area contributed by atoms with Gasteiger partial charge in [-0.3, -0.25) is 4.79 Å². The summed E-state index contributed by atoms with van der Waals surface area (Å²) in [6.07, 6.45) is 0.329. The molecule has 0 unspecified atom stereocenters. The standard InChI is InChI=1S/C4H7O2.2C3H7O.Al/c1-3-6-4(2)5;2*1-3(2)4;/h1,3H2,2H3;2*3H,1-2H3;/q;2*-1;+2. The SMILES string of the molecule is CC(=O)OC[CH2][Al]([O]C(C)C)[O]C(C)C. The van der Waals surface area contributed by atoms with E-state index in [-0.39, 0.29) is 18.2 Å². The molecule has 15 heavy (non-hydrogen) atoms. The molecule has 0 saturated heterocycles. The maximum atomic E-state index is 10.6. The molecule has 0 spiro atoms. The average Bonchev–Trinajstić information content (AvgIpc) is 2.00. The van der Waals surface area contributed by atoms with Crippen LogP contribution in [0.3, 0.4) is 0 Å². The molecule has 0 aliphatic rings. The predicted molar refractivity (Wildman–Crippen MR) is 59.6 cm³/mol.